The Morgan fingerprint density at radius 1 is 1.50 bits per heavy atom. The van der Waals surface area contributed by atoms with Crippen LogP contribution >= 0.6 is 22.6 Å². The third-order valence-corrected chi connectivity index (χ3v) is 4.61. The molecule has 2 nitrogen and oxygen atoms in total. The van der Waals surface area contributed by atoms with Crippen LogP contribution in [0, 0.1) is 0 Å². The van der Waals surface area contributed by atoms with E-state index >= 15 is 0 Å². The lowest BCUT2D eigenvalue weighted by molar-refractivity contribution is 0.602. The Hall–Kier alpha value is 0.680. The van der Waals surface area contributed by atoms with Gasteiger partial charge in [-0.3, -0.25) is 0 Å². The van der Waals surface area contributed by atoms with Crippen LogP contribution in [0.1, 0.15) is 6.42 Å². The van der Waals surface area contributed by atoms with Crippen molar-refractivity contribution in [1.82, 2.24) is 0 Å². The lowest BCUT2D eigenvalue weighted by Crippen LogP contribution is -2.02. The van der Waals surface area contributed by atoms with E-state index in [2.05, 4.69) is 22.6 Å². The Morgan fingerprint density at radius 3 is 2.25 bits per heavy atom. The molecule has 8 heavy (non-hydrogen) atoms. The number of hydrogen-bond donors (Lipinski definition) is 0. The first-order valence-corrected chi connectivity index (χ1v) is 5.51. The standard InChI is InChI=1S/C4H7IO2S/c5-4-1-2-8(6,7)3-4/h4H,1-3H2/t4-/m1/s1. The minimum absolute atomic E-state index is 0.373. The van der Waals surface area contributed by atoms with E-state index in [-0.39, 0.29) is 0 Å². The van der Waals surface area contributed by atoms with Crippen molar-refractivity contribution in [3.8, 4) is 0 Å². The van der Waals surface area contributed by atoms with Crippen molar-refractivity contribution < 1.29 is 8.42 Å². The molecule has 1 fully saturated rings. The molecule has 1 heterocycles. The molecule has 0 radical (unpaired) electrons. The van der Waals surface area contributed by atoms with E-state index in [0.717, 1.165) is 6.42 Å². The zero-order chi connectivity index (χ0) is 6.20. The summed E-state index contributed by atoms with van der Waals surface area (Å²) in [5.41, 5.74) is 0. The molecule has 0 aromatic heterocycles. The Morgan fingerprint density at radius 2 is 2.12 bits per heavy atom. The van der Waals surface area contributed by atoms with Crippen molar-refractivity contribution in [2.75, 3.05) is 11.5 Å². The van der Waals surface area contributed by atoms with E-state index in [1.165, 1.54) is 0 Å². The van der Waals surface area contributed by atoms with Crippen LogP contribution in [0.2, 0.25) is 0 Å². The summed E-state index contributed by atoms with van der Waals surface area (Å²) in [6.07, 6.45) is 0.850. The molecule has 0 aliphatic carbocycles. The van der Waals surface area contributed by atoms with Gasteiger partial charge in [0.2, 0.25) is 0 Å². The largest absolute Gasteiger partial charge is 0.229 e. The number of hydrogen-bond acceptors (Lipinski definition) is 2. The SMILES string of the molecule is O=S1(=O)CC[C@@H](I)C1. The Bertz CT molecular complexity index is 172. The molecule has 0 saturated carbocycles. The van der Waals surface area contributed by atoms with Gasteiger partial charge in [-0.2, -0.15) is 0 Å². The summed E-state index contributed by atoms with van der Waals surface area (Å²) in [6.45, 7) is 0. The lowest BCUT2D eigenvalue weighted by atomic mass is 10.4. The van der Waals surface area contributed by atoms with Crippen molar-refractivity contribution >= 4 is 32.4 Å². The number of alkyl halides is 1. The van der Waals surface area contributed by atoms with Crippen LogP contribution in [0.4, 0.5) is 0 Å². The van der Waals surface area contributed by atoms with Gasteiger partial charge in [-0.05, 0) is 6.42 Å². The van der Waals surface area contributed by atoms with Gasteiger partial charge in [-0.15, -0.1) is 0 Å². The van der Waals surface area contributed by atoms with Gasteiger partial charge in [-0.1, -0.05) is 22.6 Å². The van der Waals surface area contributed by atoms with Gasteiger partial charge in [0.05, 0.1) is 11.5 Å². The van der Waals surface area contributed by atoms with Crippen LogP contribution in [0.25, 0.3) is 0 Å². The van der Waals surface area contributed by atoms with Crippen LogP contribution < -0.4 is 0 Å². The maximum Gasteiger partial charge on any atom is 0.151 e. The lowest BCUT2D eigenvalue weighted by Gasteiger charge is -1.88. The molecule has 1 atom stereocenters. The summed E-state index contributed by atoms with van der Waals surface area (Å²) in [6, 6.07) is 0. The maximum absolute atomic E-state index is 10.6. The topological polar surface area (TPSA) is 34.1 Å². The Labute approximate surface area is 62.7 Å². The first-order chi connectivity index (χ1) is 3.60. The molecule has 0 bridgehead atoms. The van der Waals surface area contributed by atoms with Gasteiger partial charge in [0, 0.05) is 3.92 Å². The number of rotatable bonds is 0. The summed E-state index contributed by atoms with van der Waals surface area (Å²) in [5, 5.41) is 0. The van der Waals surface area contributed by atoms with E-state index in [1.54, 1.807) is 0 Å². The second kappa shape index (κ2) is 2.13. The highest BCUT2D eigenvalue weighted by atomic mass is 127. The summed E-state index contributed by atoms with van der Waals surface area (Å²) < 4.78 is 21.6. The number of halogens is 1. The first kappa shape index (κ1) is 6.80. The van der Waals surface area contributed by atoms with Crippen molar-refractivity contribution in [3.05, 3.63) is 0 Å². The molecule has 0 spiro atoms. The molecule has 0 amide bonds. The Kier molecular flexibility index (Phi) is 1.81. The van der Waals surface area contributed by atoms with Crippen molar-refractivity contribution in [1.29, 1.82) is 0 Å². The smallest absolute Gasteiger partial charge is 0.151 e. The summed E-state index contributed by atoms with van der Waals surface area (Å²) in [4.78, 5) is 0. The van der Waals surface area contributed by atoms with Gasteiger partial charge < -0.3 is 0 Å². The highest BCUT2D eigenvalue weighted by Gasteiger charge is 2.24. The fourth-order valence-electron chi connectivity index (χ4n) is 0.750. The van der Waals surface area contributed by atoms with E-state index in [0.29, 0.717) is 15.4 Å². The first-order valence-electron chi connectivity index (χ1n) is 2.45. The second-order valence-electron chi connectivity index (χ2n) is 2.00. The third kappa shape index (κ3) is 1.58. The second-order valence-corrected chi connectivity index (χ2v) is 5.99. The van der Waals surface area contributed by atoms with Gasteiger partial charge >= 0.3 is 0 Å². The molecule has 4 heteroatoms. The molecule has 0 N–H and O–H groups in total. The van der Waals surface area contributed by atoms with Gasteiger partial charge in [-0.25, -0.2) is 8.42 Å². The highest BCUT2D eigenvalue weighted by molar-refractivity contribution is 14.1. The molecule has 1 rings (SSSR count). The summed E-state index contributed by atoms with van der Waals surface area (Å²) in [7, 11) is -2.60. The molecule has 0 aromatic rings. The molecule has 48 valence electrons. The Balaban J connectivity index is 2.71. The van der Waals surface area contributed by atoms with E-state index < -0.39 is 9.84 Å². The third-order valence-electron chi connectivity index (χ3n) is 1.18. The monoisotopic (exact) mass is 246 g/mol. The fraction of sp³-hybridized carbons (Fsp3) is 1.00. The quantitative estimate of drug-likeness (QED) is 0.463. The van der Waals surface area contributed by atoms with E-state index in [1.807, 2.05) is 0 Å². The summed E-state index contributed by atoms with van der Waals surface area (Å²) in [5.74, 6) is 0.800. The van der Waals surface area contributed by atoms with Crippen LogP contribution in [0.15, 0.2) is 0 Å². The average Bonchev–Trinajstić information content (AvgIpc) is 1.82. The maximum atomic E-state index is 10.6. The molecular formula is C4H7IO2S. The van der Waals surface area contributed by atoms with Crippen molar-refractivity contribution in [2.45, 2.75) is 10.3 Å². The minimum atomic E-state index is -2.60. The zero-order valence-electron chi connectivity index (χ0n) is 4.30. The van der Waals surface area contributed by atoms with Crippen LogP contribution in [-0.2, 0) is 9.84 Å². The fourth-order valence-corrected chi connectivity index (χ4v) is 4.66. The highest BCUT2D eigenvalue weighted by Crippen LogP contribution is 2.18. The normalized spacial score (nSPS) is 35.4. The van der Waals surface area contributed by atoms with Crippen molar-refractivity contribution in [2.24, 2.45) is 0 Å². The number of sulfone groups is 1. The molecular weight excluding hydrogens is 239 g/mol. The predicted octanol–water partition coefficient (Wildman–Crippen LogP) is 0.609. The molecule has 0 unspecified atom stereocenters. The van der Waals surface area contributed by atoms with Gasteiger partial charge in [0.25, 0.3) is 0 Å². The van der Waals surface area contributed by atoms with E-state index in [4.69, 9.17) is 0 Å². The zero-order valence-corrected chi connectivity index (χ0v) is 7.28. The summed E-state index contributed by atoms with van der Waals surface area (Å²) >= 11 is 2.18. The molecule has 1 saturated heterocycles. The van der Waals surface area contributed by atoms with Gasteiger partial charge in [0.1, 0.15) is 0 Å². The predicted molar refractivity (Wildman–Crippen MR) is 41.1 cm³/mol. The van der Waals surface area contributed by atoms with Crippen LogP contribution in [0.5, 0.6) is 0 Å². The van der Waals surface area contributed by atoms with Crippen LogP contribution in [-0.4, -0.2) is 23.8 Å². The van der Waals surface area contributed by atoms with Crippen molar-refractivity contribution in [3.63, 3.8) is 0 Å². The van der Waals surface area contributed by atoms with Gasteiger partial charge in [0.15, 0.2) is 9.84 Å². The molecule has 1 aliphatic heterocycles. The minimum Gasteiger partial charge on any atom is -0.229 e. The molecule has 1 aliphatic rings. The van der Waals surface area contributed by atoms with E-state index in [9.17, 15) is 8.42 Å². The van der Waals surface area contributed by atoms with Crippen LogP contribution in [0.3, 0.4) is 0 Å². The molecule has 0 aromatic carbocycles. The average molecular weight is 246 g/mol.